The van der Waals surface area contributed by atoms with Gasteiger partial charge in [-0.3, -0.25) is 9.59 Å². The molecule has 1 aliphatic rings. The molecule has 0 heterocycles. The summed E-state index contributed by atoms with van der Waals surface area (Å²) in [6, 6.07) is 18.5. The molecule has 4 aromatic carbocycles. The molecule has 0 saturated heterocycles. The number of fused-ring (bicyclic) bond motifs is 8. The summed E-state index contributed by atoms with van der Waals surface area (Å²) in [6.45, 7) is 33.4. The summed E-state index contributed by atoms with van der Waals surface area (Å²) in [5.41, 5.74) is 12.9. The van der Waals surface area contributed by atoms with Gasteiger partial charge in [0.05, 0.1) is 33.0 Å². The Balaban J connectivity index is 1.75. The maximum atomic E-state index is 13.0. The van der Waals surface area contributed by atoms with E-state index in [2.05, 4.69) is 137 Å². The number of ether oxygens (including phenoxy) is 5. The molecule has 0 aliphatic heterocycles. The van der Waals surface area contributed by atoms with E-state index in [1.54, 1.807) is 6.92 Å². The molecule has 5 rings (SSSR count). The Morgan fingerprint density at radius 3 is 1.01 bits per heavy atom. The van der Waals surface area contributed by atoms with Gasteiger partial charge in [0.15, 0.2) is 0 Å². The quantitative estimate of drug-likeness (QED) is 0.0515. The molecule has 396 valence electrons. The van der Waals surface area contributed by atoms with E-state index in [9.17, 15) is 9.59 Å². The Morgan fingerprint density at radius 1 is 0.431 bits per heavy atom. The van der Waals surface area contributed by atoms with Gasteiger partial charge in [-0.25, -0.2) is 0 Å². The lowest BCUT2D eigenvalue weighted by Gasteiger charge is -2.28. The van der Waals surface area contributed by atoms with Crippen LogP contribution in [0.4, 0.5) is 5.69 Å². The van der Waals surface area contributed by atoms with Crippen LogP contribution in [0.5, 0.6) is 23.0 Å². The Bertz CT molecular complexity index is 2290. The van der Waals surface area contributed by atoms with Crippen molar-refractivity contribution in [3.63, 3.8) is 0 Å². The van der Waals surface area contributed by atoms with Crippen LogP contribution in [0, 0.1) is 0 Å². The maximum absolute atomic E-state index is 13.0. The van der Waals surface area contributed by atoms with Crippen LogP contribution in [0.15, 0.2) is 48.5 Å². The van der Waals surface area contributed by atoms with Gasteiger partial charge in [0.1, 0.15) is 23.0 Å². The molecule has 72 heavy (non-hydrogen) atoms. The molecule has 0 spiro atoms. The molecule has 0 aromatic heterocycles. The van der Waals surface area contributed by atoms with Crippen molar-refractivity contribution in [2.75, 3.05) is 38.4 Å². The van der Waals surface area contributed by atoms with Crippen molar-refractivity contribution in [1.82, 2.24) is 0 Å². The van der Waals surface area contributed by atoms with E-state index in [0.717, 1.165) is 144 Å². The van der Waals surface area contributed by atoms with Crippen LogP contribution >= 0.6 is 0 Å². The monoisotopic (exact) mass is 988 g/mol. The molecule has 1 N–H and O–H groups in total. The topological polar surface area (TPSA) is 92.3 Å². The molecule has 8 nitrogen and oxygen atoms in total. The van der Waals surface area contributed by atoms with Crippen LogP contribution in [0.1, 0.15) is 235 Å². The Morgan fingerprint density at radius 2 is 0.722 bits per heavy atom. The molecule has 8 heteroatoms. The van der Waals surface area contributed by atoms with Gasteiger partial charge >= 0.3 is 5.97 Å². The summed E-state index contributed by atoms with van der Waals surface area (Å²) in [5.74, 6) is 3.43. The van der Waals surface area contributed by atoms with E-state index in [1.807, 2.05) is 6.92 Å². The minimum Gasteiger partial charge on any atom is -0.493 e. The number of nitrogens with one attached hydrogen (secondary N) is 1. The van der Waals surface area contributed by atoms with Crippen molar-refractivity contribution in [3.8, 4) is 23.0 Å². The second kappa shape index (κ2) is 26.8. The number of benzene rings is 4. The molecule has 1 aliphatic carbocycles. The summed E-state index contributed by atoms with van der Waals surface area (Å²) in [5, 5.41) is 3.19. The minimum atomic E-state index is -0.152. The number of carbonyl (C=O) groups is 2. The lowest BCUT2D eigenvalue weighted by Crippen LogP contribution is -2.17. The highest BCUT2D eigenvalue weighted by molar-refractivity contribution is 5.89. The summed E-state index contributed by atoms with van der Waals surface area (Å²) >= 11 is 0. The van der Waals surface area contributed by atoms with Crippen LogP contribution in [0.3, 0.4) is 0 Å². The fraction of sp³-hybridized carbons (Fsp3) is 0.594. The molecule has 4 aromatic rings. The summed E-state index contributed by atoms with van der Waals surface area (Å²) in [7, 11) is 0. The van der Waals surface area contributed by atoms with Gasteiger partial charge in [-0.2, -0.15) is 0 Å². The fourth-order valence-electron chi connectivity index (χ4n) is 9.66. The maximum Gasteiger partial charge on any atom is 0.305 e. The summed E-state index contributed by atoms with van der Waals surface area (Å²) in [4.78, 5) is 24.7. The summed E-state index contributed by atoms with van der Waals surface area (Å²) in [6.07, 6.45) is 14.0. The van der Waals surface area contributed by atoms with Gasteiger partial charge in [0.2, 0.25) is 5.91 Å². The molecule has 1 amide bonds. The van der Waals surface area contributed by atoms with Crippen molar-refractivity contribution in [3.05, 3.63) is 110 Å². The number of amides is 1. The number of hydrogen-bond acceptors (Lipinski definition) is 7. The first-order valence-electron chi connectivity index (χ1n) is 27.8. The average molecular weight is 988 g/mol. The van der Waals surface area contributed by atoms with E-state index in [-0.39, 0.29) is 28.1 Å². The number of unbranched alkanes of at least 4 members (excludes halogenated alkanes) is 7. The highest BCUT2D eigenvalue weighted by Crippen LogP contribution is 2.44. The second-order valence-corrected chi connectivity index (χ2v) is 23.4. The van der Waals surface area contributed by atoms with Gasteiger partial charge in [-0.1, -0.05) is 158 Å². The third-order valence-corrected chi connectivity index (χ3v) is 13.6. The smallest absolute Gasteiger partial charge is 0.305 e. The fourth-order valence-corrected chi connectivity index (χ4v) is 9.66. The number of hydrogen-bond donors (Lipinski definition) is 1. The highest BCUT2D eigenvalue weighted by atomic mass is 16.5. The first kappa shape index (κ1) is 57.9. The zero-order chi connectivity index (χ0) is 52.6. The first-order chi connectivity index (χ1) is 34.2. The zero-order valence-corrected chi connectivity index (χ0v) is 47.3. The van der Waals surface area contributed by atoms with Crippen molar-refractivity contribution in [2.24, 2.45) is 0 Å². The molecular formula is C64H93NO7. The summed E-state index contributed by atoms with van der Waals surface area (Å²) < 4.78 is 33.1. The number of carbonyl (C=O) groups excluding carboxylic acids is 2. The number of rotatable bonds is 23. The highest BCUT2D eigenvalue weighted by Gasteiger charge is 2.29. The Kier molecular flexibility index (Phi) is 21.6. The predicted molar refractivity (Wildman–Crippen MR) is 298 cm³/mol. The van der Waals surface area contributed by atoms with E-state index in [4.69, 9.17) is 23.7 Å². The molecule has 0 fully saturated rings. The van der Waals surface area contributed by atoms with Crippen molar-refractivity contribution >= 4 is 17.6 Å². The molecule has 0 unspecified atom stereocenters. The molecule has 0 atom stereocenters. The Labute approximate surface area is 436 Å². The van der Waals surface area contributed by atoms with Gasteiger partial charge < -0.3 is 29.0 Å². The molecule has 0 saturated carbocycles. The van der Waals surface area contributed by atoms with E-state index in [1.165, 1.54) is 16.7 Å². The van der Waals surface area contributed by atoms with Crippen LogP contribution < -0.4 is 24.3 Å². The van der Waals surface area contributed by atoms with Crippen LogP contribution in [-0.2, 0) is 56.3 Å². The zero-order valence-electron chi connectivity index (χ0n) is 47.3. The standard InChI is InChI=1S/C64H93NO7/c1-15-28-69-58-45-32-47-38-54(63(9,10)11)40-49(59(47)70-29-16-2)34-51-42-56(65-44(5)66)43-52(61(51)72-31-26-24-22-20-19-21-23-25-27-57(67)68-18-4)35-50-41-55(64(12,13)14)39-48(60(50)71-30-17-3)33-46(58)37-53(36-45)62(6,7)8/h36-43H,15-35H2,1-14H3,(H,65,66). The molecule has 8 bridgehead atoms. The van der Waals surface area contributed by atoms with Gasteiger partial charge in [-0.15, -0.1) is 0 Å². The predicted octanol–water partition coefficient (Wildman–Crippen LogP) is 16.0. The third-order valence-electron chi connectivity index (χ3n) is 13.6. The number of anilines is 1. The van der Waals surface area contributed by atoms with Crippen molar-refractivity contribution in [2.45, 2.75) is 216 Å². The van der Waals surface area contributed by atoms with Crippen LogP contribution in [0.2, 0.25) is 0 Å². The number of esters is 1. The van der Waals surface area contributed by atoms with Gasteiger partial charge in [-0.05, 0) is 117 Å². The first-order valence-corrected chi connectivity index (χ1v) is 27.8. The third kappa shape index (κ3) is 16.8. The largest absolute Gasteiger partial charge is 0.493 e. The van der Waals surface area contributed by atoms with Gasteiger partial charge in [0, 0.05) is 55.8 Å². The molecular weight excluding hydrogens is 895 g/mol. The van der Waals surface area contributed by atoms with E-state index < -0.39 is 0 Å². The van der Waals surface area contributed by atoms with Crippen molar-refractivity contribution < 1.29 is 33.3 Å². The lowest BCUT2D eigenvalue weighted by atomic mass is 9.80. The van der Waals surface area contributed by atoms with Crippen LogP contribution in [0.25, 0.3) is 0 Å². The molecule has 0 radical (unpaired) electrons. The second-order valence-electron chi connectivity index (χ2n) is 23.4. The average Bonchev–Trinajstić information content (AvgIpc) is 3.29. The van der Waals surface area contributed by atoms with E-state index in [0.29, 0.717) is 65.1 Å². The van der Waals surface area contributed by atoms with E-state index >= 15 is 0 Å². The SMILES string of the molecule is CCCOc1c2cc(C(C)(C)C)cc1Cc1cc(C(C)(C)C)cc(c1OCCC)Cc1cc(NC(C)=O)cc(c1OCCCCCCCCCCC(=O)OCC)Cc1cc(C(C)(C)C)cc(c1OCCC)C2. The van der Waals surface area contributed by atoms with Crippen LogP contribution in [-0.4, -0.2) is 44.9 Å². The van der Waals surface area contributed by atoms with Gasteiger partial charge in [0.25, 0.3) is 0 Å². The Hall–Kier alpha value is -4.98. The van der Waals surface area contributed by atoms with Crippen molar-refractivity contribution in [1.29, 1.82) is 0 Å². The lowest BCUT2D eigenvalue weighted by molar-refractivity contribution is -0.143. The minimum absolute atomic E-state index is 0.0903. The normalized spacial score (nSPS) is 12.9.